The highest BCUT2D eigenvalue weighted by Gasteiger charge is 2.53. The van der Waals surface area contributed by atoms with Gasteiger partial charge in [-0.1, -0.05) is 67.4 Å². The lowest BCUT2D eigenvalue weighted by Crippen LogP contribution is -2.56. The standard InChI is InChI=1S/C32H41Cl2NO5S/c1-7-26(15-16-41(37,38)21(2)3)35-29(22-11-13-24(33)14-12-22)28(23-9-8-10-25(34)17-23)19-32(6,30(35)36)18-27-20-39-31(4,5)40-27/h8-17,21,26-29H,7,18-20H2,1-6H3/t26?,27-,28+,29+,32-/m0/s1. The Bertz CT molecular complexity index is 1370. The lowest BCUT2D eigenvalue weighted by Gasteiger charge is -2.52. The first-order chi connectivity index (χ1) is 19.2. The third kappa shape index (κ3) is 7.19. The van der Waals surface area contributed by atoms with Crippen molar-refractivity contribution in [2.24, 2.45) is 5.41 Å². The molecule has 2 aliphatic rings. The van der Waals surface area contributed by atoms with Gasteiger partial charge in [-0.3, -0.25) is 4.79 Å². The minimum Gasteiger partial charge on any atom is -0.348 e. The smallest absolute Gasteiger partial charge is 0.229 e. The lowest BCUT2D eigenvalue weighted by molar-refractivity contribution is -0.161. The Labute approximate surface area is 254 Å². The molecule has 2 fully saturated rings. The second-order valence-corrected chi connectivity index (χ2v) is 15.5. The number of hydrogen-bond acceptors (Lipinski definition) is 5. The van der Waals surface area contributed by atoms with E-state index in [2.05, 4.69) is 0 Å². The van der Waals surface area contributed by atoms with Crippen LogP contribution < -0.4 is 0 Å². The van der Waals surface area contributed by atoms with Crippen molar-refractivity contribution in [2.75, 3.05) is 6.61 Å². The summed E-state index contributed by atoms with van der Waals surface area (Å²) in [5.41, 5.74) is 1.14. The van der Waals surface area contributed by atoms with E-state index >= 15 is 0 Å². The maximum Gasteiger partial charge on any atom is 0.229 e. The molecule has 0 radical (unpaired) electrons. The lowest BCUT2D eigenvalue weighted by atomic mass is 9.66. The molecule has 0 N–H and O–H groups in total. The quantitative estimate of drug-likeness (QED) is 0.287. The first-order valence-electron chi connectivity index (χ1n) is 14.2. The van der Waals surface area contributed by atoms with Gasteiger partial charge in [0.05, 0.1) is 30.0 Å². The van der Waals surface area contributed by atoms with Crippen molar-refractivity contribution in [3.05, 3.63) is 81.2 Å². The van der Waals surface area contributed by atoms with Gasteiger partial charge in [0.2, 0.25) is 5.91 Å². The topological polar surface area (TPSA) is 72.9 Å². The number of likely N-dealkylation sites (tertiary alicyclic amines) is 1. The van der Waals surface area contributed by atoms with Crippen LogP contribution in [0.25, 0.3) is 0 Å². The van der Waals surface area contributed by atoms with Crippen LogP contribution >= 0.6 is 23.2 Å². The van der Waals surface area contributed by atoms with Crippen LogP contribution in [-0.4, -0.2) is 49.0 Å². The average molecular weight is 623 g/mol. The molecule has 41 heavy (non-hydrogen) atoms. The molecule has 0 saturated carbocycles. The number of benzene rings is 2. The summed E-state index contributed by atoms with van der Waals surface area (Å²) in [6, 6.07) is 14.5. The zero-order valence-electron chi connectivity index (χ0n) is 24.6. The maximum absolute atomic E-state index is 14.7. The summed E-state index contributed by atoms with van der Waals surface area (Å²) < 4.78 is 37.6. The molecular formula is C32H41Cl2NO5S. The Morgan fingerprint density at radius 2 is 1.73 bits per heavy atom. The van der Waals surface area contributed by atoms with Crippen molar-refractivity contribution < 1.29 is 22.7 Å². The van der Waals surface area contributed by atoms with Crippen LogP contribution in [0, 0.1) is 5.41 Å². The summed E-state index contributed by atoms with van der Waals surface area (Å²) >= 11 is 12.8. The molecule has 0 spiro atoms. The average Bonchev–Trinajstić information content (AvgIpc) is 3.24. The second kappa shape index (κ2) is 12.4. The summed E-state index contributed by atoms with van der Waals surface area (Å²) in [6.07, 6.45) is 3.00. The van der Waals surface area contributed by atoms with Crippen molar-refractivity contribution in [3.63, 3.8) is 0 Å². The van der Waals surface area contributed by atoms with Crippen molar-refractivity contribution in [1.82, 2.24) is 4.90 Å². The van der Waals surface area contributed by atoms with Crippen molar-refractivity contribution in [2.45, 2.75) is 95.9 Å². The van der Waals surface area contributed by atoms with Crippen LogP contribution in [0.2, 0.25) is 10.0 Å². The fourth-order valence-corrected chi connectivity index (χ4v) is 7.12. The normalized spacial score (nSPS) is 27.6. The fourth-order valence-electron chi connectivity index (χ4n) is 6.08. The van der Waals surface area contributed by atoms with E-state index in [0.29, 0.717) is 35.9 Å². The Hall–Kier alpha value is -1.90. The molecule has 2 aromatic carbocycles. The van der Waals surface area contributed by atoms with Crippen LogP contribution in [0.15, 0.2) is 60.0 Å². The van der Waals surface area contributed by atoms with E-state index < -0.39 is 32.3 Å². The Balaban J connectivity index is 1.88. The van der Waals surface area contributed by atoms with Crippen LogP contribution in [-0.2, 0) is 24.1 Å². The highest BCUT2D eigenvalue weighted by atomic mass is 35.5. The third-order valence-corrected chi connectivity index (χ3v) is 10.6. The number of amides is 1. The highest BCUT2D eigenvalue weighted by molar-refractivity contribution is 7.94. The summed E-state index contributed by atoms with van der Waals surface area (Å²) in [6.45, 7) is 11.4. The van der Waals surface area contributed by atoms with E-state index in [1.807, 2.05) is 81.1 Å². The van der Waals surface area contributed by atoms with Gasteiger partial charge in [-0.25, -0.2) is 8.42 Å². The van der Waals surface area contributed by atoms with Gasteiger partial charge in [-0.2, -0.15) is 0 Å². The number of halogens is 2. The largest absolute Gasteiger partial charge is 0.348 e. The number of carbonyl (C=O) groups excluding carboxylic acids is 1. The van der Waals surface area contributed by atoms with Gasteiger partial charge in [0.25, 0.3) is 0 Å². The monoisotopic (exact) mass is 621 g/mol. The van der Waals surface area contributed by atoms with E-state index in [9.17, 15) is 13.2 Å². The molecule has 2 aromatic rings. The number of ether oxygens (including phenoxy) is 2. The molecule has 0 aromatic heterocycles. The summed E-state index contributed by atoms with van der Waals surface area (Å²) in [7, 11) is -3.47. The predicted molar refractivity (Wildman–Crippen MR) is 165 cm³/mol. The number of hydrogen-bond donors (Lipinski definition) is 0. The molecule has 9 heteroatoms. The van der Waals surface area contributed by atoms with E-state index in [-0.39, 0.29) is 24.0 Å². The van der Waals surface area contributed by atoms with Gasteiger partial charge in [0.15, 0.2) is 15.6 Å². The zero-order chi connectivity index (χ0) is 30.2. The minimum atomic E-state index is -3.47. The van der Waals surface area contributed by atoms with Gasteiger partial charge < -0.3 is 14.4 Å². The van der Waals surface area contributed by atoms with E-state index in [1.54, 1.807) is 19.9 Å². The van der Waals surface area contributed by atoms with Crippen molar-refractivity contribution in [3.8, 4) is 0 Å². The Morgan fingerprint density at radius 1 is 1.05 bits per heavy atom. The van der Waals surface area contributed by atoms with Gasteiger partial charge in [-0.15, -0.1) is 0 Å². The number of rotatable bonds is 9. The first kappa shape index (κ1) is 32.0. The minimum absolute atomic E-state index is 0.0394. The number of carbonyl (C=O) groups is 1. The van der Waals surface area contributed by atoms with E-state index in [0.717, 1.165) is 11.1 Å². The highest BCUT2D eigenvalue weighted by Crippen LogP contribution is 2.53. The molecule has 2 aliphatic heterocycles. The fraction of sp³-hybridized carbons (Fsp3) is 0.531. The van der Waals surface area contributed by atoms with Gasteiger partial charge in [0.1, 0.15) is 0 Å². The van der Waals surface area contributed by atoms with Gasteiger partial charge in [0, 0.05) is 26.8 Å². The molecule has 2 heterocycles. The molecule has 5 atom stereocenters. The molecule has 2 saturated heterocycles. The van der Waals surface area contributed by atoms with E-state index in [1.165, 1.54) is 5.41 Å². The number of nitrogens with zero attached hydrogens (tertiary/aromatic N) is 1. The van der Waals surface area contributed by atoms with Gasteiger partial charge in [-0.05, 0) is 82.3 Å². The molecule has 1 unspecified atom stereocenters. The van der Waals surface area contributed by atoms with Gasteiger partial charge >= 0.3 is 0 Å². The van der Waals surface area contributed by atoms with Crippen molar-refractivity contribution in [1.29, 1.82) is 0 Å². The maximum atomic E-state index is 14.7. The molecular weight excluding hydrogens is 581 g/mol. The SMILES string of the molecule is CCC(C=CS(=O)(=O)C(C)C)N1C(=O)[C@@](C)(C[C@H]2COC(C)(C)O2)C[C@H](c2cccc(Cl)c2)[C@H]1c1ccc(Cl)cc1. The summed E-state index contributed by atoms with van der Waals surface area (Å²) in [4.78, 5) is 16.6. The molecule has 224 valence electrons. The van der Waals surface area contributed by atoms with E-state index in [4.69, 9.17) is 32.7 Å². The van der Waals surface area contributed by atoms with Crippen LogP contribution in [0.5, 0.6) is 0 Å². The zero-order valence-corrected chi connectivity index (χ0v) is 27.0. The molecule has 0 aliphatic carbocycles. The second-order valence-electron chi connectivity index (χ2n) is 12.2. The molecule has 4 rings (SSSR count). The van der Waals surface area contributed by atoms with Crippen LogP contribution in [0.3, 0.4) is 0 Å². The van der Waals surface area contributed by atoms with Crippen molar-refractivity contribution >= 4 is 38.9 Å². The Morgan fingerprint density at radius 3 is 2.29 bits per heavy atom. The molecule has 0 bridgehead atoms. The number of sulfone groups is 1. The molecule has 6 nitrogen and oxygen atoms in total. The van der Waals surface area contributed by atoms with Crippen LogP contribution in [0.4, 0.5) is 0 Å². The molecule has 1 amide bonds. The predicted octanol–water partition coefficient (Wildman–Crippen LogP) is 7.71. The van der Waals surface area contributed by atoms with Crippen LogP contribution in [0.1, 0.15) is 83.9 Å². The first-order valence-corrected chi connectivity index (χ1v) is 16.6. The summed E-state index contributed by atoms with van der Waals surface area (Å²) in [5.74, 6) is -0.879. The number of piperidine rings is 1. The Kier molecular flexibility index (Phi) is 9.66. The summed E-state index contributed by atoms with van der Waals surface area (Å²) in [5, 5.41) is 1.93. The third-order valence-electron chi connectivity index (χ3n) is 8.26.